The lowest BCUT2D eigenvalue weighted by molar-refractivity contribution is 0.200. The number of carbonyl (C=O) groups is 1. The van der Waals surface area contributed by atoms with Crippen LogP contribution >= 0.6 is 0 Å². The number of nitrogens with two attached hydrogens (primary N) is 1. The van der Waals surface area contributed by atoms with Gasteiger partial charge in [-0.1, -0.05) is 0 Å². The molecule has 1 aromatic heterocycles. The second-order valence-corrected chi connectivity index (χ2v) is 3.94. The van der Waals surface area contributed by atoms with Crippen LogP contribution in [0.25, 0.3) is 0 Å². The minimum absolute atomic E-state index is 0.0717. The van der Waals surface area contributed by atoms with Gasteiger partial charge >= 0.3 is 6.03 Å². The molecular formula is C11H16N4O. The van der Waals surface area contributed by atoms with Crippen LogP contribution in [0.15, 0.2) is 18.5 Å². The fraction of sp³-hybridized carbons (Fsp3) is 0.455. The number of amides is 2. The average molecular weight is 220 g/mol. The largest absolute Gasteiger partial charge is 0.396 e. The van der Waals surface area contributed by atoms with Crippen molar-refractivity contribution in [2.75, 3.05) is 24.1 Å². The zero-order valence-corrected chi connectivity index (χ0v) is 9.15. The number of aromatic nitrogens is 1. The number of nitrogen functional groups attached to an aromatic ring is 1. The summed E-state index contributed by atoms with van der Waals surface area (Å²) in [5.41, 5.74) is 6.83. The standard InChI is InChI=1S/C11H16N4O/c12-9-8-13-5-4-10(9)14-11(16)15-6-2-1-3-7-15/h4-5,8H,1-3,6-7,12H2,(H,13,14,16). The molecule has 0 aliphatic carbocycles. The van der Waals surface area contributed by atoms with Crippen LogP contribution in [-0.4, -0.2) is 29.0 Å². The number of carbonyl (C=O) groups excluding carboxylic acids is 1. The number of hydrogen-bond acceptors (Lipinski definition) is 3. The van der Waals surface area contributed by atoms with Crippen molar-refractivity contribution in [3.63, 3.8) is 0 Å². The highest BCUT2D eigenvalue weighted by Crippen LogP contribution is 2.17. The normalized spacial score (nSPS) is 15.9. The molecule has 5 nitrogen and oxygen atoms in total. The molecule has 0 atom stereocenters. The highest BCUT2D eigenvalue weighted by Gasteiger charge is 2.16. The predicted molar refractivity (Wildman–Crippen MR) is 63.1 cm³/mol. The molecule has 5 heteroatoms. The fourth-order valence-electron chi connectivity index (χ4n) is 1.81. The number of anilines is 2. The Morgan fingerprint density at radius 2 is 2.12 bits per heavy atom. The van der Waals surface area contributed by atoms with E-state index in [1.165, 1.54) is 12.6 Å². The maximum atomic E-state index is 11.9. The zero-order valence-electron chi connectivity index (χ0n) is 9.15. The Morgan fingerprint density at radius 3 is 2.81 bits per heavy atom. The van der Waals surface area contributed by atoms with Gasteiger partial charge in [0.1, 0.15) is 0 Å². The number of urea groups is 1. The van der Waals surface area contributed by atoms with E-state index in [4.69, 9.17) is 5.73 Å². The Labute approximate surface area is 94.6 Å². The van der Waals surface area contributed by atoms with Gasteiger partial charge in [0.05, 0.1) is 17.6 Å². The van der Waals surface area contributed by atoms with Crippen molar-refractivity contribution in [3.8, 4) is 0 Å². The molecule has 0 aromatic carbocycles. The van der Waals surface area contributed by atoms with Crippen molar-refractivity contribution in [3.05, 3.63) is 18.5 Å². The van der Waals surface area contributed by atoms with E-state index in [1.807, 2.05) is 4.90 Å². The van der Waals surface area contributed by atoms with E-state index in [0.29, 0.717) is 11.4 Å². The summed E-state index contributed by atoms with van der Waals surface area (Å²) in [4.78, 5) is 17.6. The molecule has 2 heterocycles. The Morgan fingerprint density at radius 1 is 1.38 bits per heavy atom. The quantitative estimate of drug-likeness (QED) is 0.756. The molecule has 0 bridgehead atoms. The van der Waals surface area contributed by atoms with Crippen LogP contribution in [0.1, 0.15) is 19.3 Å². The number of likely N-dealkylation sites (tertiary alicyclic amines) is 1. The van der Waals surface area contributed by atoms with Crippen molar-refractivity contribution in [1.29, 1.82) is 0 Å². The number of nitrogens with zero attached hydrogens (tertiary/aromatic N) is 2. The fourth-order valence-corrected chi connectivity index (χ4v) is 1.81. The number of pyridine rings is 1. The van der Waals surface area contributed by atoms with Crippen LogP contribution in [0, 0.1) is 0 Å². The summed E-state index contributed by atoms with van der Waals surface area (Å²) in [5, 5.41) is 2.80. The van der Waals surface area contributed by atoms with Crippen LogP contribution < -0.4 is 11.1 Å². The van der Waals surface area contributed by atoms with E-state index < -0.39 is 0 Å². The van der Waals surface area contributed by atoms with E-state index in [-0.39, 0.29) is 6.03 Å². The van der Waals surface area contributed by atoms with Crippen molar-refractivity contribution in [2.24, 2.45) is 0 Å². The van der Waals surface area contributed by atoms with Gasteiger partial charge < -0.3 is 16.0 Å². The summed E-state index contributed by atoms with van der Waals surface area (Å²) < 4.78 is 0. The van der Waals surface area contributed by atoms with Gasteiger partial charge in [-0.2, -0.15) is 0 Å². The molecule has 0 spiro atoms. The molecule has 0 radical (unpaired) electrons. The molecule has 2 rings (SSSR count). The first-order valence-corrected chi connectivity index (χ1v) is 5.53. The molecule has 2 amide bonds. The Hall–Kier alpha value is -1.78. The first-order valence-electron chi connectivity index (χ1n) is 5.53. The van der Waals surface area contributed by atoms with Crippen molar-refractivity contribution >= 4 is 17.4 Å². The minimum Gasteiger partial charge on any atom is -0.396 e. The van der Waals surface area contributed by atoms with Gasteiger partial charge in [0, 0.05) is 19.3 Å². The summed E-state index contributed by atoms with van der Waals surface area (Å²) in [6, 6.07) is 1.63. The maximum Gasteiger partial charge on any atom is 0.321 e. The van der Waals surface area contributed by atoms with Crippen molar-refractivity contribution < 1.29 is 4.79 Å². The van der Waals surface area contributed by atoms with Gasteiger partial charge in [0.2, 0.25) is 0 Å². The smallest absolute Gasteiger partial charge is 0.321 e. The van der Waals surface area contributed by atoms with E-state index in [0.717, 1.165) is 25.9 Å². The van der Waals surface area contributed by atoms with Gasteiger partial charge in [-0.3, -0.25) is 4.98 Å². The summed E-state index contributed by atoms with van der Waals surface area (Å²) >= 11 is 0. The highest BCUT2D eigenvalue weighted by atomic mass is 16.2. The summed E-state index contributed by atoms with van der Waals surface area (Å²) in [5.74, 6) is 0. The SMILES string of the molecule is Nc1cnccc1NC(=O)N1CCCCC1. The van der Waals surface area contributed by atoms with Crippen LogP contribution in [0.5, 0.6) is 0 Å². The summed E-state index contributed by atoms with van der Waals surface area (Å²) in [6.45, 7) is 1.66. The maximum absolute atomic E-state index is 11.9. The number of piperidine rings is 1. The van der Waals surface area contributed by atoms with Crippen molar-refractivity contribution in [1.82, 2.24) is 9.88 Å². The third kappa shape index (κ3) is 2.42. The van der Waals surface area contributed by atoms with Gasteiger partial charge in [0.15, 0.2) is 0 Å². The van der Waals surface area contributed by atoms with Gasteiger partial charge in [-0.15, -0.1) is 0 Å². The predicted octanol–water partition coefficient (Wildman–Crippen LogP) is 1.68. The first-order chi connectivity index (χ1) is 7.77. The minimum atomic E-state index is -0.0717. The summed E-state index contributed by atoms with van der Waals surface area (Å²) in [7, 11) is 0. The summed E-state index contributed by atoms with van der Waals surface area (Å²) in [6.07, 6.45) is 6.52. The molecule has 1 aliphatic rings. The lowest BCUT2D eigenvalue weighted by Crippen LogP contribution is -2.38. The van der Waals surface area contributed by atoms with Gasteiger partial charge in [0.25, 0.3) is 0 Å². The third-order valence-corrected chi connectivity index (χ3v) is 2.74. The Bertz CT molecular complexity index is 374. The molecule has 1 saturated heterocycles. The van der Waals surface area contributed by atoms with E-state index >= 15 is 0 Å². The average Bonchev–Trinajstić information content (AvgIpc) is 2.33. The van der Waals surface area contributed by atoms with E-state index in [1.54, 1.807) is 12.3 Å². The van der Waals surface area contributed by atoms with Crippen LogP contribution in [-0.2, 0) is 0 Å². The lowest BCUT2D eigenvalue weighted by Gasteiger charge is -2.26. The molecular weight excluding hydrogens is 204 g/mol. The number of rotatable bonds is 1. The number of nitrogens with one attached hydrogen (secondary N) is 1. The molecule has 3 N–H and O–H groups in total. The molecule has 1 aromatic rings. The monoisotopic (exact) mass is 220 g/mol. The second-order valence-electron chi connectivity index (χ2n) is 3.94. The lowest BCUT2D eigenvalue weighted by atomic mass is 10.1. The van der Waals surface area contributed by atoms with Crippen LogP contribution in [0.3, 0.4) is 0 Å². The molecule has 0 unspecified atom stereocenters. The molecule has 1 fully saturated rings. The molecule has 86 valence electrons. The Kier molecular flexibility index (Phi) is 3.24. The zero-order chi connectivity index (χ0) is 11.4. The van der Waals surface area contributed by atoms with Gasteiger partial charge in [-0.25, -0.2) is 4.79 Å². The molecule has 1 aliphatic heterocycles. The third-order valence-electron chi connectivity index (χ3n) is 2.74. The molecule has 16 heavy (non-hydrogen) atoms. The molecule has 0 saturated carbocycles. The highest BCUT2D eigenvalue weighted by molar-refractivity contribution is 5.92. The second kappa shape index (κ2) is 4.83. The number of hydrogen-bond donors (Lipinski definition) is 2. The van der Waals surface area contributed by atoms with E-state index in [2.05, 4.69) is 10.3 Å². The Balaban J connectivity index is 1.99. The van der Waals surface area contributed by atoms with Gasteiger partial charge in [-0.05, 0) is 25.3 Å². The van der Waals surface area contributed by atoms with E-state index in [9.17, 15) is 4.79 Å². The van der Waals surface area contributed by atoms with Crippen LogP contribution in [0.2, 0.25) is 0 Å². The van der Waals surface area contributed by atoms with Crippen molar-refractivity contribution in [2.45, 2.75) is 19.3 Å². The van der Waals surface area contributed by atoms with Crippen LogP contribution in [0.4, 0.5) is 16.2 Å². The topological polar surface area (TPSA) is 71.2 Å². The first kappa shape index (κ1) is 10.7.